The molecular formula is C19H21N3O. The number of nitrogens with one attached hydrogen (secondary N) is 1. The number of benzene rings is 1. The highest BCUT2D eigenvalue weighted by Crippen LogP contribution is 2.43. The minimum atomic E-state index is 0.0422. The molecule has 2 aliphatic carbocycles. The Kier molecular flexibility index (Phi) is 3.74. The summed E-state index contributed by atoms with van der Waals surface area (Å²) in [5, 5.41) is 13.7. The van der Waals surface area contributed by atoms with Crippen LogP contribution in [-0.4, -0.2) is 15.1 Å². The first-order valence-corrected chi connectivity index (χ1v) is 8.38. The summed E-state index contributed by atoms with van der Waals surface area (Å²) in [5.41, 5.74) is 3.11. The summed E-state index contributed by atoms with van der Waals surface area (Å²) in [7, 11) is 0. The Balaban J connectivity index is 1.66. The molecule has 2 aromatic rings. The predicted molar refractivity (Wildman–Crippen MR) is 90.9 cm³/mol. The van der Waals surface area contributed by atoms with E-state index in [2.05, 4.69) is 10.3 Å². The Morgan fingerprint density at radius 3 is 2.65 bits per heavy atom. The fraction of sp³-hybridized carbons (Fsp3) is 0.368. The minimum absolute atomic E-state index is 0.0422. The summed E-state index contributed by atoms with van der Waals surface area (Å²) >= 11 is 0. The number of aromatic nitrogens is 2. The quantitative estimate of drug-likeness (QED) is 0.877. The van der Waals surface area contributed by atoms with Crippen LogP contribution in [0.4, 0.5) is 11.6 Å². The molecule has 23 heavy (non-hydrogen) atoms. The van der Waals surface area contributed by atoms with Crippen LogP contribution in [0.1, 0.15) is 42.9 Å². The van der Waals surface area contributed by atoms with Gasteiger partial charge in [0.2, 0.25) is 5.95 Å². The highest BCUT2D eigenvalue weighted by molar-refractivity contribution is 5.53. The molecule has 1 saturated carbocycles. The second-order valence-electron chi connectivity index (χ2n) is 6.45. The third-order valence-corrected chi connectivity index (χ3v) is 4.94. The van der Waals surface area contributed by atoms with Crippen LogP contribution >= 0.6 is 0 Å². The largest absolute Gasteiger partial charge is 0.512 e. The van der Waals surface area contributed by atoms with Crippen molar-refractivity contribution in [3.63, 3.8) is 0 Å². The molecule has 1 aromatic heterocycles. The summed E-state index contributed by atoms with van der Waals surface area (Å²) in [6.07, 6.45) is 9.41. The zero-order chi connectivity index (χ0) is 15.6. The van der Waals surface area contributed by atoms with E-state index in [1.54, 1.807) is 0 Å². The van der Waals surface area contributed by atoms with Gasteiger partial charge in [-0.1, -0.05) is 31.0 Å². The fourth-order valence-electron chi connectivity index (χ4n) is 3.79. The van der Waals surface area contributed by atoms with Crippen molar-refractivity contribution >= 4 is 11.6 Å². The first-order valence-electron chi connectivity index (χ1n) is 8.38. The number of nitrogens with zero attached hydrogens (tertiary/aromatic N) is 2. The van der Waals surface area contributed by atoms with Gasteiger partial charge in [0, 0.05) is 11.9 Å². The third-order valence-electron chi connectivity index (χ3n) is 4.94. The molecule has 2 aliphatic rings. The lowest BCUT2D eigenvalue weighted by Gasteiger charge is -2.27. The number of aliphatic hydroxyl groups excluding tert-OH is 1. The number of anilines is 2. The molecule has 0 aliphatic heterocycles. The molecule has 4 rings (SSSR count). The maximum absolute atomic E-state index is 10.4. The second kappa shape index (κ2) is 6.03. The Hall–Kier alpha value is -2.36. The number of rotatable bonds is 3. The Morgan fingerprint density at radius 1 is 1.09 bits per heavy atom. The van der Waals surface area contributed by atoms with Crippen LogP contribution < -0.4 is 5.32 Å². The van der Waals surface area contributed by atoms with Crippen molar-refractivity contribution in [3.8, 4) is 0 Å². The van der Waals surface area contributed by atoms with Crippen LogP contribution in [0.5, 0.6) is 0 Å². The van der Waals surface area contributed by atoms with Gasteiger partial charge in [-0.25, -0.2) is 9.97 Å². The van der Waals surface area contributed by atoms with Gasteiger partial charge in [0.15, 0.2) is 0 Å². The van der Waals surface area contributed by atoms with Gasteiger partial charge in [0.1, 0.15) is 0 Å². The van der Waals surface area contributed by atoms with Crippen molar-refractivity contribution < 1.29 is 5.11 Å². The van der Waals surface area contributed by atoms with E-state index < -0.39 is 0 Å². The molecule has 1 atom stereocenters. The zero-order valence-electron chi connectivity index (χ0n) is 13.1. The maximum atomic E-state index is 10.4. The molecule has 0 spiro atoms. The maximum Gasteiger partial charge on any atom is 0.227 e. The van der Waals surface area contributed by atoms with Crippen LogP contribution in [0.3, 0.4) is 0 Å². The van der Waals surface area contributed by atoms with Crippen LogP contribution in [0.25, 0.3) is 0 Å². The number of allylic oxidation sites excluding steroid dienone is 2. The Bertz CT molecular complexity index is 721. The average Bonchev–Trinajstić information content (AvgIpc) is 3.09. The summed E-state index contributed by atoms with van der Waals surface area (Å²) in [4.78, 5) is 9.20. The third kappa shape index (κ3) is 2.81. The summed E-state index contributed by atoms with van der Waals surface area (Å²) < 4.78 is 0. The lowest BCUT2D eigenvalue weighted by atomic mass is 9.81. The molecule has 1 fully saturated rings. The molecule has 4 heteroatoms. The molecule has 1 heterocycles. The summed E-state index contributed by atoms with van der Waals surface area (Å²) in [5.74, 6) is 1.65. The molecule has 0 radical (unpaired) electrons. The van der Waals surface area contributed by atoms with Gasteiger partial charge < -0.3 is 10.4 Å². The average molecular weight is 307 g/mol. The molecule has 118 valence electrons. The molecular weight excluding hydrogens is 286 g/mol. The zero-order valence-corrected chi connectivity index (χ0v) is 13.1. The molecule has 0 amide bonds. The van der Waals surface area contributed by atoms with Gasteiger partial charge in [-0.15, -0.1) is 0 Å². The predicted octanol–water partition coefficient (Wildman–Crippen LogP) is 4.49. The molecule has 4 nitrogen and oxygen atoms in total. The van der Waals surface area contributed by atoms with E-state index in [-0.39, 0.29) is 5.92 Å². The lowest BCUT2D eigenvalue weighted by molar-refractivity contribution is 0.306. The van der Waals surface area contributed by atoms with E-state index in [1.165, 1.54) is 25.7 Å². The summed E-state index contributed by atoms with van der Waals surface area (Å²) in [6, 6.07) is 9.94. The number of hydrogen-bond acceptors (Lipinski definition) is 4. The molecule has 1 aromatic carbocycles. The topological polar surface area (TPSA) is 58.0 Å². The number of hydrogen-bond donors (Lipinski definition) is 2. The van der Waals surface area contributed by atoms with Gasteiger partial charge >= 0.3 is 0 Å². The first kappa shape index (κ1) is 14.2. The van der Waals surface area contributed by atoms with Crippen LogP contribution in [0.2, 0.25) is 0 Å². The van der Waals surface area contributed by atoms with E-state index in [0.29, 0.717) is 17.6 Å². The van der Waals surface area contributed by atoms with Gasteiger partial charge in [-0.05, 0) is 49.0 Å². The normalized spacial score (nSPS) is 20.9. The van der Waals surface area contributed by atoms with Crippen LogP contribution in [-0.2, 0) is 6.42 Å². The van der Waals surface area contributed by atoms with E-state index in [1.807, 2.05) is 42.6 Å². The van der Waals surface area contributed by atoms with E-state index >= 15 is 0 Å². The molecule has 0 saturated heterocycles. The summed E-state index contributed by atoms with van der Waals surface area (Å²) in [6.45, 7) is 0. The minimum Gasteiger partial charge on any atom is -0.512 e. The standard InChI is InChI=1S/C19H21N3O/c23-16-11-10-14-12-20-19(21-15-8-2-1-3-9-15)22-18(14)17(16)13-6-4-5-7-13/h1-3,8-9,11-13,17,23H,4-7,10H2,(H,20,21,22). The van der Waals surface area contributed by atoms with E-state index in [4.69, 9.17) is 4.98 Å². The van der Waals surface area contributed by atoms with E-state index in [0.717, 1.165) is 23.4 Å². The van der Waals surface area contributed by atoms with Crippen molar-refractivity contribution in [3.05, 3.63) is 59.6 Å². The van der Waals surface area contributed by atoms with E-state index in [9.17, 15) is 5.11 Å². The van der Waals surface area contributed by atoms with Crippen molar-refractivity contribution in [1.82, 2.24) is 9.97 Å². The highest BCUT2D eigenvalue weighted by Gasteiger charge is 2.34. The Morgan fingerprint density at radius 2 is 1.87 bits per heavy atom. The number of fused-ring (bicyclic) bond motifs is 1. The van der Waals surface area contributed by atoms with Gasteiger partial charge in [-0.3, -0.25) is 0 Å². The van der Waals surface area contributed by atoms with Crippen molar-refractivity contribution in [2.24, 2.45) is 5.92 Å². The number of aliphatic hydroxyl groups is 1. The molecule has 0 bridgehead atoms. The van der Waals surface area contributed by atoms with Crippen molar-refractivity contribution in [2.45, 2.75) is 38.0 Å². The molecule has 1 unspecified atom stereocenters. The highest BCUT2D eigenvalue weighted by atomic mass is 16.3. The SMILES string of the molecule is OC1=CCc2cnc(Nc3ccccc3)nc2C1C1CCCC1. The second-order valence-corrected chi connectivity index (χ2v) is 6.45. The van der Waals surface area contributed by atoms with Gasteiger partial charge in [0.25, 0.3) is 0 Å². The van der Waals surface area contributed by atoms with Crippen LogP contribution in [0.15, 0.2) is 48.4 Å². The van der Waals surface area contributed by atoms with Gasteiger partial charge in [0.05, 0.1) is 17.4 Å². The van der Waals surface area contributed by atoms with Crippen molar-refractivity contribution in [1.29, 1.82) is 0 Å². The first-order chi connectivity index (χ1) is 11.3. The molecule has 2 N–H and O–H groups in total. The van der Waals surface area contributed by atoms with Crippen molar-refractivity contribution in [2.75, 3.05) is 5.32 Å². The van der Waals surface area contributed by atoms with Gasteiger partial charge in [-0.2, -0.15) is 0 Å². The fourth-order valence-corrected chi connectivity index (χ4v) is 3.79. The lowest BCUT2D eigenvalue weighted by Crippen LogP contribution is -2.20. The van der Waals surface area contributed by atoms with Crippen LogP contribution in [0, 0.1) is 5.92 Å². The monoisotopic (exact) mass is 307 g/mol. The number of para-hydroxylation sites is 1. The smallest absolute Gasteiger partial charge is 0.227 e. The Labute approximate surface area is 136 Å².